The van der Waals surface area contributed by atoms with Crippen LogP contribution in [0.2, 0.25) is 0 Å². The van der Waals surface area contributed by atoms with Crippen molar-refractivity contribution in [1.29, 1.82) is 0 Å². The molecule has 0 aromatic carbocycles. The predicted octanol–water partition coefficient (Wildman–Crippen LogP) is 1.88. The van der Waals surface area contributed by atoms with Gasteiger partial charge in [-0.2, -0.15) is 0 Å². The molecule has 1 aliphatic carbocycles. The van der Waals surface area contributed by atoms with E-state index in [1.807, 2.05) is 20.8 Å². The van der Waals surface area contributed by atoms with Crippen LogP contribution < -0.4 is 5.32 Å². The van der Waals surface area contributed by atoms with Crippen molar-refractivity contribution in [1.82, 2.24) is 10.2 Å². The van der Waals surface area contributed by atoms with E-state index in [1.165, 1.54) is 0 Å². The molecule has 6 nitrogen and oxygen atoms in total. The molecule has 0 aromatic heterocycles. The third-order valence-electron chi connectivity index (χ3n) is 2.97. The molecule has 19 heavy (non-hydrogen) atoms. The second kappa shape index (κ2) is 5.27. The number of ether oxygens (including phenoxy) is 2. The lowest BCUT2D eigenvalue weighted by atomic mass is 10.2. The van der Waals surface area contributed by atoms with Gasteiger partial charge in [-0.3, -0.25) is 0 Å². The van der Waals surface area contributed by atoms with Gasteiger partial charge in [0.05, 0.1) is 6.54 Å². The monoisotopic (exact) mass is 270 g/mol. The fourth-order valence-corrected chi connectivity index (χ4v) is 1.90. The zero-order valence-electron chi connectivity index (χ0n) is 11.8. The number of alkyl carbamates (subject to hydrolysis) is 1. The summed E-state index contributed by atoms with van der Waals surface area (Å²) in [7, 11) is 0. The van der Waals surface area contributed by atoms with Gasteiger partial charge in [0.1, 0.15) is 11.7 Å². The lowest BCUT2D eigenvalue weighted by Crippen LogP contribution is -2.37. The highest BCUT2D eigenvalue weighted by Gasteiger charge is 2.32. The van der Waals surface area contributed by atoms with E-state index in [-0.39, 0.29) is 24.3 Å². The number of nitrogens with one attached hydrogen (secondary N) is 1. The van der Waals surface area contributed by atoms with Crippen molar-refractivity contribution < 1.29 is 19.1 Å². The van der Waals surface area contributed by atoms with Crippen molar-refractivity contribution in [3.63, 3.8) is 0 Å². The Kier molecular flexibility index (Phi) is 3.87. The average molecular weight is 270 g/mol. The SMILES string of the molecule is CC(C)(C)OC(=O)N1CC[C@@H](OC(=O)NC2CC2)C1. The Hall–Kier alpha value is -1.46. The average Bonchev–Trinajstić information content (AvgIpc) is 2.92. The third kappa shape index (κ3) is 4.61. The van der Waals surface area contributed by atoms with Gasteiger partial charge in [-0.25, -0.2) is 9.59 Å². The largest absolute Gasteiger partial charge is 0.444 e. The van der Waals surface area contributed by atoms with Gasteiger partial charge >= 0.3 is 12.2 Å². The summed E-state index contributed by atoms with van der Waals surface area (Å²) in [6.45, 7) is 6.47. The second-order valence-corrected chi connectivity index (χ2v) is 6.16. The van der Waals surface area contributed by atoms with Gasteiger partial charge in [0.25, 0.3) is 0 Å². The minimum absolute atomic E-state index is 0.230. The predicted molar refractivity (Wildman–Crippen MR) is 68.9 cm³/mol. The van der Waals surface area contributed by atoms with Crippen LogP contribution in [-0.4, -0.2) is 47.9 Å². The van der Waals surface area contributed by atoms with Crippen molar-refractivity contribution in [3.8, 4) is 0 Å². The maximum Gasteiger partial charge on any atom is 0.410 e. The van der Waals surface area contributed by atoms with Gasteiger partial charge < -0.3 is 19.7 Å². The first-order chi connectivity index (χ1) is 8.83. The number of likely N-dealkylation sites (tertiary alicyclic amines) is 1. The molecular formula is C13H22N2O4. The Bertz CT molecular complexity index is 360. The molecule has 1 atom stereocenters. The maximum absolute atomic E-state index is 11.8. The fourth-order valence-electron chi connectivity index (χ4n) is 1.90. The Morgan fingerprint density at radius 1 is 1.21 bits per heavy atom. The number of rotatable bonds is 2. The number of hydrogen-bond acceptors (Lipinski definition) is 4. The van der Waals surface area contributed by atoms with Crippen molar-refractivity contribution in [3.05, 3.63) is 0 Å². The molecule has 2 fully saturated rings. The van der Waals surface area contributed by atoms with Crippen LogP contribution in [0.25, 0.3) is 0 Å². The first kappa shape index (κ1) is 14.0. The molecule has 0 spiro atoms. The molecule has 2 rings (SSSR count). The molecule has 108 valence electrons. The van der Waals surface area contributed by atoms with E-state index in [2.05, 4.69) is 5.32 Å². The van der Waals surface area contributed by atoms with Crippen molar-refractivity contribution in [2.75, 3.05) is 13.1 Å². The lowest BCUT2D eigenvalue weighted by Gasteiger charge is -2.24. The van der Waals surface area contributed by atoms with Crippen LogP contribution in [0.4, 0.5) is 9.59 Å². The molecular weight excluding hydrogens is 248 g/mol. The minimum atomic E-state index is -0.501. The Morgan fingerprint density at radius 3 is 2.47 bits per heavy atom. The smallest absolute Gasteiger partial charge is 0.410 e. The van der Waals surface area contributed by atoms with Gasteiger partial charge in [0, 0.05) is 19.0 Å². The summed E-state index contributed by atoms with van der Waals surface area (Å²) in [6.07, 6.45) is 1.77. The molecule has 1 aliphatic heterocycles. The summed E-state index contributed by atoms with van der Waals surface area (Å²) in [5.74, 6) is 0. The van der Waals surface area contributed by atoms with E-state index < -0.39 is 5.60 Å². The van der Waals surface area contributed by atoms with Crippen LogP contribution in [0.15, 0.2) is 0 Å². The summed E-state index contributed by atoms with van der Waals surface area (Å²) in [5.41, 5.74) is -0.501. The van der Waals surface area contributed by atoms with E-state index in [4.69, 9.17) is 9.47 Å². The minimum Gasteiger partial charge on any atom is -0.444 e. The molecule has 6 heteroatoms. The summed E-state index contributed by atoms with van der Waals surface area (Å²) >= 11 is 0. The number of hydrogen-bond donors (Lipinski definition) is 1. The summed E-state index contributed by atoms with van der Waals surface area (Å²) in [4.78, 5) is 24.9. The van der Waals surface area contributed by atoms with Crippen LogP contribution >= 0.6 is 0 Å². The highest BCUT2D eigenvalue weighted by Crippen LogP contribution is 2.20. The molecule has 0 unspecified atom stereocenters. The van der Waals surface area contributed by atoms with Crippen LogP contribution in [0.5, 0.6) is 0 Å². The molecule has 1 saturated carbocycles. The maximum atomic E-state index is 11.8. The van der Waals surface area contributed by atoms with Gasteiger partial charge in [0.2, 0.25) is 0 Å². The number of carbonyl (C=O) groups is 2. The van der Waals surface area contributed by atoms with Gasteiger partial charge in [-0.05, 0) is 33.6 Å². The van der Waals surface area contributed by atoms with E-state index in [0.717, 1.165) is 12.8 Å². The van der Waals surface area contributed by atoms with Gasteiger partial charge in [-0.15, -0.1) is 0 Å². The lowest BCUT2D eigenvalue weighted by molar-refractivity contribution is 0.0258. The Labute approximate surface area is 113 Å². The number of carbonyl (C=O) groups excluding carboxylic acids is 2. The number of amides is 2. The van der Waals surface area contributed by atoms with Crippen LogP contribution in [-0.2, 0) is 9.47 Å². The molecule has 2 aliphatic rings. The topological polar surface area (TPSA) is 67.9 Å². The first-order valence-corrected chi connectivity index (χ1v) is 6.78. The molecule has 1 saturated heterocycles. The highest BCUT2D eigenvalue weighted by molar-refractivity contribution is 5.70. The van der Waals surface area contributed by atoms with E-state index in [9.17, 15) is 9.59 Å². The van der Waals surface area contributed by atoms with E-state index >= 15 is 0 Å². The summed E-state index contributed by atoms with van der Waals surface area (Å²) < 4.78 is 10.6. The first-order valence-electron chi connectivity index (χ1n) is 6.78. The molecule has 0 aromatic rings. The second-order valence-electron chi connectivity index (χ2n) is 6.16. The quantitative estimate of drug-likeness (QED) is 0.832. The zero-order valence-corrected chi connectivity index (χ0v) is 11.8. The van der Waals surface area contributed by atoms with Crippen molar-refractivity contribution >= 4 is 12.2 Å². The van der Waals surface area contributed by atoms with Crippen molar-refractivity contribution in [2.24, 2.45) is 0 Å². The molecule has 0 radical (unpaired) electrons. The Balaban J connectivity index is 1.72. The van der Waals surface area contributed by atoms with Crippen LogP contribution in [0.1, 0.15) is 40.0 Å². The summed E-state index contributed by atoms with van der Waals surface area (Å²) in [5, 5.41) is 2.77. The number of nitrogens with zero attached hydrogens (tertiary/aromatic N) is 1. The van der Waals surface area contributed by atoms with Gasteiger partial charge in [-0.1, -0.05) is 0 Å². The normalized spacial score (nSPS) is 23.1. The molecule has 0 bridgehead atoms. The molecule has 2 amide bonds. The standard InChI is InChI=1S/C13H22N2O4/c1-13(2,3)19-12(17)15-7-6-10(8-15)18-11(16)14-9-4-5-9/h9-10H,4-8H2,1-3H3,(H,14,16)/t10-/m1/s1. The van der Waals surface area contributed by atoms with Gasteiger partial charge in [0.15, 0.2) is 0 Å². The van der Waals surface area contributed by atoms with E-state index in [1.54, 1.807) is 4.90 Å². The molecule has 1 heterocycles. The summed E-state index contributed by atoms with van der Waals surface area (Å²) in [6, 6.07) is 0.288. The van der Waals surface area contributed by atoms with Crippen LogP contribution in [0, 0.1) is 0 Å². The zero-order chi connectivity index (χ0) is 14.0. The molecule has 1 N–H and O–H groups in total. The van der Waals surface area contributed by atoms with E-state index in [0.29, 0.717) is 19.5 Å². The Morgan fingerprint density at radius 2 is 1.89 bits per heavy atom. The third-order valence-corrected chi connectivity index (χ3v) is 2.97. The fraction of sp³-hybridized carbons (Fsp3) is 0.846. The highest BCUT2D eigenvalue weighted by atomic mass is 16.6. The van der Waals surface area contributed by atoms with Crippen LogP contribution in [0.3, 0.4) is 0 Å². The van der Waals surface area contributed by atoms with Crippen molar-refractivity contribution in [2.45, 2.75) is 57.8 Å².